The van der Waals surface area contributed by atoms with Gasteiger partial charge in [0.05, 0.1) is 6.10 Å². The van der Waals surface area contributed by atoms with E-state index in [9.17, 15) is 9.90 Å². The van der Waals surface area contributed by atoms with Gasteiger partial charge in [0, 0.05) is 12.2 Å². The lowest BCUT2D eigenvalue weighted by molar-refractivity contribution is 0.175. The first-order valence-corrected chi connectivity index (χ1v) is 7.33. The third-order valence-electron chi connectivity index (χ3n) is 3.10. The fourth-order valence-corrected chi connectivity index (χ4v) is 2.65. The summed E-state index contributed by atoms with van der Waals surface area (Å²) in [4.78, 5) is 11.9. The van der Waals surface area contributed by atoms with Crippen LogP contribution in [0.1, 0.15) is 22.8 Å². The Morgan fingerprint density at radius 3 is 2.60 bits per heavy atom. The smallest absolute Gasteiger partial charge is 0.319 e. The first kappa shape index (κ1) is 14.6. The molecule has 5 heteroatoms. The molecule has 0 bridgehead atoms. The summed E-state index contributed by atoms with van der Waals surface area (Å²) in [6.07, 6.45) is -0.676. The number of nitrogens with one attached hydrogen (secondary N) is 2. The molecule has 1 atom stereocenters. The van der Waals surface area contributed by atoms with E-state index in [0.717, 1.165) is 22.4 Å². The predicted molar refractivity (Wildman–Crippen MR) is 82.2 cm³/mol. The maximum atomic E-state index is 11.9. The van der Waals surface area contributed by atoms with Crippen LogP contribution in [0.25, 0.3) is 0 Å². The van der Waals surface area contributed by atoms with Gasteiger partial charge in [-0.3, -0.25) is 0 Å². The second-order valence-electron chi connectivity index (χ2n) is 4.67. The van der Waals surface area contributed by atoms with Crippen LogP contribution in [0.5, 0.6) is 0 Å². The van der Waals surface area contributed by atoms with E-state index >= 15 is 0 Å². The fourth-order valence-electron chi connectivity index (χ4n) is 1.94. The van der Waals surface area contributed by atoms with E-state index in [1.165, 1.54) is 11.3 Å². The molecule has 20 heavy (non-hydrogen) atoms. The van der Waals surface area contributed by atoms with E-state index in [0.29, 0.717) is 0 Å². The molecule has 0 fully saturated rings. The van der Waals surface area contributed by atoms with Gasteiger partial charge in [-0.05, 0) is 47.4 Å². The molecular weight excluding hydrogens is 272 g/mol. The van der Waals surface area contributed by atoms with Gasteiger partial charge in [0.1, 0.15) is 0 Å². The van der Waals surface area contributed by atoms with E-state index in [1.54, 1.807) is 0 Å². The average Bonchev–Trinajstić information content (AvgIpc) is 2.94. The zero-order chi connectivity index (χ0) is 14.5. The van der Waals surface area contributed by atoms with E-state index in [-0.39, 0.29) is 12.6 Å². The number of benzene rings is 1. The summed E-state index contributed by atoms with van der Waals surface area (Å²) >= 11 is 1.52. The average molecular weight is 290 g/mol. The van der Waals surface area contributed by atoms with Crippen LogP contribution in [0.3, 0.4) is 0 Å². The van der Waals surface area contributed by atoms with Crippen LogP contribution in [0.4, 0.5) is 10.5 Å². The third-order valence-corrected chi connectivity index (χ3v) is 3.81. The van der Waals surface area contributed by atoms with Crippen LogP contribution in [0.2, 0.25) is 0 Å². The number of anilines is 1. The molecule has 3 N–H and O–H groups in total. The number of carbonyl (C=O) groups excluding carboxylic acids is 1. The molecule has 0 saturated heterocycles. The number of para-hydroxylation sites is 1. The second-order valence-corrected chi connectivity index (χ2v) is 5.45. The van der Waals surface area contributed by atoms with Crippen LogP contribution >= 0.6 is 11.3 Å². The first-order chi connectivity index (χ1) is 9.58. The van der Waals surface area contributed by atoms with Gasteiger partial charge in [-0.25, -0.2) is 4.79 Å². The zero-order valence-corrected chi connectivity index (χ0v) is 12.3. The van der Waals surface area contributed by atoms with Crippen molar-refractivity contribution in [3.05, 3.63) is 51.7 Å². The van der Waals surface area contributed by atoms with E-state index < -0.39 is 6.10 Å². The van der Waals surface area contributed by atoms with Crippen molar-refractivity contribution < 1.29 is 9.90 Å². The minimum atomic E-state index is -0.676. The Morgan fingerprint density at radius 1 is 1.30 bits per heavy atom. The maximum Gasteiger partial charge on any atom is 0.319 e. The number of carbonyl (C=O) groups is 1. The van der Waals surface area contributed by atoms with Crippen LogP contribution in [0, 0.1) is 13.8 Å². The van der Waals surface area contributed by atoms with Crippen molar-refractivity contribution in [3.8, 4) is 0 Å². The lowest BCUT2D eigenvalue weighted by Gasteiger charge is -2.14. The summed E-state index contributed by atoms with van der Waals surface area (Å²) in [5.74, 6) is 0. The molecule has 1 heterocycles. The molecular formula is C15H18N2O2S. The summed E-state index contributed by atoms with van der Waals surface area (Å²) in [5, 5.41) is 19.2. The zero-order valence-electron chi connectivity index (χ0n) is 11.5. The lowest BCUT2D eigenvalue weighted by atomic mass is 10.1. The van der Waals surface area contributed by atoms with Gasteiger partial charge in [0.25, 0.3) is 0 Å². The monoisotopic (exact) mass is 290 g/mol. The number of hydrogen-bond donors (Lipinski definition) is 3. The largest absolute Gasteiger partial charge is 0.387 e. The predicted octanol–water partition coefficient (Wildman–Crippen LogP) is 3.22. The Labute approximate surface area is 122 Å². The van der Waals surface area contributed by atoms with E-state index in [4.69, 9.17) is 0 Å². The summed E-state index contributed by atoms with van der Waals surface area (Å²) in [7, 11) is 0. The van der Waals surface area contributed by atoms with Crippen molar-refractivity contribution in [2.45, 2.75) is 20.0 Å². The number of hydrogen-bond acceptors (Lipinski definition) is 3. The van der Waals surface area contributed by atoms with Crippen LogP contribution in [-0.2, 0) is 0 Å². The number of urea groups is 1. The molecule has 0 radical (unpaired) electrons. The van der Waals surface area contributed by atoms with Gasteiger partial charge < -0.3 is 15.7 Å². The molecule has 2 amide bonds. The molecule has 0 aliphatic carbocycles. The molecule has 0 saturated carbocycles. The molecule has 1 aromatic carbocycles. The van der Waals surface area contributed by atoms with Crippen molar-refractivity contribution >= 4 is 23.1 Å². The molecule has 1 unspecified atom stereocenters. The van der Waals surface area contributed by atoms with Gasteiger partial charge in [0.2, 0.25) is 0 Å². The molecule has 0 aliphatic heterocycles. The van der Waals surface area contributed by atoms with Gasteiger partial charge in [-0.1, -0.05) is 18.2 Å². The highest BCUT2D eigenvalue weighted by atomic mass is 32.1. The summed E-state index contributed by atoms with van der Waals surface area (Å²) in [6, 6.07) is 7.39. The van der Waals surface area contributed by atoms with Crippen LogP contribution in [-0.4, -0.2) is 17.7 Å². The van der Waals surface area contributed by atoms with Crippen LogP contribution in [0.15, 0.2) is 35.0 Å². The Morgan fingerprint density at radius 2 is 2.00 bits per heavy atom. The number of aryl methyl sites for hydroxylation is 2. The highest BCUT2D eigenvalue weighted by Crippen LogP contribution is 2.19. The van der Waals surface area contributed by atoms with Gasteiger partial charge in [-0.2, -0.15) is 11.3 Å². The number of thiophene rings is 1. The number of amides is 2. The normalized spacial score (nSPS) is 11.9. The van der Waals surface area contributed by atoms with Crippen molar-refractivity contribution in [1.82, 2.24) is 5.32 Å². The Balaban J connectivity index is 1.90. The van der Waals surface area contributed by atoms with E-state index in [1.807, 2.05) is 48.9 Å². The summed E-state index contributed by atoms with van der Waals surface area (Å²) in [6.45, 7) is 4.08. The highest BCUT2D eigenvalue weighted by Gasteiger charge is 2.11. The Kier molecular flexibility index (Phi) is 4.76. The summed E-state index contributed by atoms with van der Waals surface area (Å²) < 4.78 is 0. The molecule has 1 aromatic heterocycles. The SMILES string of the molecule is Cc1cccc(C)c1NC(=O)NCC(O)c1ccsc1. The first-order valence-electron chi connectivity index (χ1n) is 6.39. The fraction of sp³-hybridized carbons (Fsp3) is 0.267. The van der Waals surface area contributed by atoms with Crippen LogP contribution < -0.4 is 10.6 Å². The minimum absolute atomic E-state index is 0.188. The Bertz CT molecular complexity index is 561. The standard InChI is InChI=1S/C15H18N2O2S/c1-10-4-3-5-11(2)14(10)17-15(19)16-8-13(18)12-6-7-20-9-12/h3-7,9,13,18H,8H2,1-2H3,(H2,16,17,19). The molecule has 2 aromatic rings. The topological polar surface area (TPSA) is 61.4 Å². The van der Waals surface area contributed by atoms with Gasteiger partial charge in [-0.15, -0.1) is 0 Å². The molecule has 0 aliphatic rings. The third kappa shape index (κ3) is 3.59. The highest BCUT2D eigenvalue weighted by molar-refractivity contribution is 7.07. The lowest BCUT2D eigenvalue weighted by Crippen LogP contribution is -2.32. The second kappa shape index (κ2) is 6.54. The summed E-state index contributed by atoms with van der Waals surface area (Å²) in [5.41, 5.74) is 3.66. The number of aliphatic hydroxyl groups excluding tert-OH is 1. The van der Waals surface area contributed by atoms with Gasteiger partial charge in [0.15, 0.2) is 0 Å². The molecule has 0 spiro atoms. The van der Waals surface area contributed by atoms with Crippen molar-refractivity contribution in [2.75, 3.05) is 11.9 Å². The number of rotatable bonds is 4. The molecule has 106 valence electrons. The number of aliphatic hydroxyl groups is 1. The quantitative estimate of drug-likeness (QED) is 0.809. The molecule has 4 nitrogen and oxygen atoms in total. The van der Waals surface area contributed by atoms with Gasteiger partial charge >= 0.3 is 6.03 Å². The van der Waals surface area contributed by atoms with Crippen molar-refractivity contribution in [2.24, 2.45) is 0 Å². The van der Waals surface area contributed by atoms with E-state index in [2.05, 4.69) is 10.6 Å². The molecule has 2 rings (SSSR count). The minimum Gasteiger partial charge on any atom is -0.387 e. The van der Waals surface area contributed by atoms with Crippen molar-refractivity contribution in [3.63, 3.8) is 0 Å². The Hall–Kier alpha value is -1.85. The maximum absolute atomic E-state index is 11.9. The van der Waals surface area contributed by atoms with Crippen molar-refractivity contribution in [1.29, 1.82) is 0 Å².